The maximum atomic E-state index is 12.4. The molecule has 1 heterocycles. The highest BCUT2D eigenvalue weighted by Gasteiger charge is 2.15. The number of methoxy groups -OCH3 is 1. The van der Waals surface area contributed by atoms with Crippen LogP contribution >= 0.6 is 11.6 Å². The van der Waals surface area contributed by atoms with Gasteiger partial charge in [0.2, 0.25) is 0 Å². The van der Waals surface area contributed by atoms with E-state index in [1.165, 1.54) is 13.2 Å². The molecule has 8 nitrogen and oxygen atoms in total. The molecule has 0 radical (unpaired) electrons. The number of ether oxygens (including phenoxy) is 3. The summed E-state index contributed by atoms with van der Waals surface area (Å²) in [6.07, 6.45) is 1.39. The second kappa shape index (κ2) is 10.9. The third-order valence-corrected chi connectivity index (χ3v) is 4.42. The van der Waals surface area contributed by atoms with E-state index < -0.39 is 5.91 Å². The fourth-order valence-electron chi connectivity index (χ4n) is 2.71. The number of nitrogens with one attached hydrogen (secondary N) is 1. The van der Waals surface area contributed by atoms with E-state index >= 15 is 0 Å². The monoisotopic (exact) mass is 453 g/mol. The number of nitrogens with zero attached hydrogens (tertiary/aromatic N) is 2. The third-order valence-electron chi connectivity index (χ3n) is 4.14. The van der Waals surface area contributed by atoms with Gasteiger partial charge in [0, 0.05) is 6.07 Å². The van der Waals surface area contributed by atoms with Crippen LogP contribution in [0, 0.1) is 18.3 Å². The van der Waals surface area contributed by atoms with Crippen molar-refractivity contribution in [2.24, 2.45) is 0 Å². The Hall–Kier alpha value is -3.96. The van der Waals surface area contributed by atoms with Crippen molar-refractivity contribution in [3.05, 3.63) is 70.5 Å². The Balaban J connectivity index is 1.69. The summed E-state index contributed by atoms with van der Waals surface area (Å²) in [5.41, 5.74) is 0.344. The first-order valence-electron chi connectivity index (χ1n) is 9.55. The van der Waals surface area contributed by atoms with E-state index in [1.807, 2.05) is 36.4 Å². The predicted octanol–water partition coefficient (Wildman–Crippen LogP) is 4.65. The Morgan fingerprint density at radius 1 is 1.22 bits per heavy atom. The first-order valence-corrected chi connectivity index (χ1v) is 9.92. The normalized spacial score (nSPS) is 10.9. The second-order valence-corrected chi connectivity index (χ2v) is 6.90. The molecule has 0 aliphatic heterocycles. The molecule has 0 fully saturated rings. The first kappa shape index (κ1) is 22.7. The molecule has 0 aliphatic carbocycles. The minimum Gasteiger partial charge on any atom is -0.493 e. The SMILES string of the molecule is COc1cc(/C=C(/C#N)C(=O)Nc2cc(C)on2)cc(Cl)c1OCCOc1ccccc1. The maximum Gasteiger partial charge on any atom is 0.267 e. The maximum absolute atomic E-state index is 12.4. The number of aromatic nitrogens is 1. The van der Waals surface area contributed by atoms with E-state index in [-0.39, 0.29) is 23.0 Å². The van der Waals surface area contributed by atoms with Crippen LogP contribution < -0.4 is 19.5 Å². The van der Waals surface area contributed by atoms with Gasteiger partial charge in [0.05, 0.1) is 12.1 Å². The molecular formula is C23H20ClN3O5. The molecule has 164 valence electrons. The zero-order valence-corrected chi connectivity index (χ0v) is 18.2. The Labute approximate surface area is 189 Å². The molecule has 32 heavy (non-hydrogen) atoms. The Bertz CT molecular complexity index is 1150. The van der Waals surface area contributed by atoms with Gasteiger partial charge >= 0.3 is 0 Å². The molecule has 3 rings (SSSR count). The molecule has 0 saturated heterocycles. The number of nitriles is 1. The molecule has 3 aromatic rings. The van der Waals surface area contributed by atoms with Crippen LogP contribution in [0.4, 0.5) is 5.82 Å². The van der Waals surface area contributed by atoms with Gasteiger partial charge in [-0.2, -0.15) is 5.26 Å². The van der Waals surface area contributed by atoms with E-state index in [9.17, 15) is 10.1 Å². The van der Waals surface area contributed by atoms with E-state index in [1.54, 1.807) is 25.1 Å². The fraction of sp³-hybridized carbons (Fsp3) is 0.174. The number of hydrogen-bond acceptors (Lipinski definition) is 7. The summed E-state index contributed by atoms with van der Waals surface area (Å²) in [7, 11) is 1.47. The van der Waals surface area contributed by atoms with E-state index in [0.717, 1.165) is 5.75 Å². The highest BCUT2D eigenvalue weighted by Crippen LogP contribution is 2.37. The lowest BCUT2D eigenvalue weighted by Crippen LogP contribution is -2.13. The molecule has 1 amide bonds. The van der Waals surface area contributed by atoms with Crippen molar-refractivity contribution in [1.82, 2.24) is 5.16 Å². The summed E-state index contributed by atoms with van der Waals surface area (Å²) in [6.45, 7) is 2.24. The summed E-state index contributed by atoms with van der Waals surface area (Å²) in [4.78, 5) is 12.4. The second-order valence-electron chi connectivity index (χ2n) is 6.49. The summed E-state index contributed by atoms with van der Waals surface area (Å²) in [5.74, 6) is 1.54. The molecule has 0 atom stereocenters. The lowest BCUT2D eigenvalue weighted by Gasteiger charge is -2.14. The molecule has 1 N–H and O–H groups in total. The van der Waals surface area contributed by atoms with Gasteiger partial charge in [-0.25, -0.2) is 0 Å². The van der Waals surface area contributed by atoms with E-state index in [2.05, 4.69) is 10.5 Å². The lowest BCUT2D eigenvalue weighted by molar-refractivity contribution is -0.112. The molecule has 0 bridgehead atoms. The topological polar surface area (TPSA) is 107 Å². The van der Waals surface area contributed by atoms with Crippen LogP contribution in [0.25, 0.3) is 6.08 Å². The highest BCUT2D eigenvalue weighted by molar-refractivity contribution is 6.32. The van der Waals surface area contributed by atoms with E-state index in [0.29, 0.717) is 29.4 Å². The molecule has 0 saturated carbocycles. The van der Waals surface area contributed by atoms with Crippen molar-refractivity contribution in [2.45, 2.75) is 6.92 Å². The standard InChI is InChI=1S/C23H20ClN3O5/c1-15-10-21(27-32-15)26-23(28)17(14-25)11-16-12-19(24)22(20(13-16)29-2)31-9-8-30-18-6-4-3-5-7-18/h3-7,10-13H,8-9H2,1-2H3,(H,26,27,28)/b17-11-. The number of aryl methyl sites for hydroxylation is 1. The number of hydrogen-bond donors (Lipinski definition) is 1. The van der Waals surface area contributed by atoms with Crippen LogP contribution in [0.1, 0.15) is 11.3 Å². The number of para-hydroxylation sites is 1. The van der Waals surface area contributed by atoms with Crippen molar-refractivity contribution >= 4 is 29.4 Å². The van der Waals surface area contributed by atoms with Crippen LogP contribution in [0.5, 0.6) is 17.2 Å². The van der Waals surface area contributed by atoms with Gasteiger partial charge in [-0.15, -0.1) is 0 Å². The predicted molar refractivity (Wildman–Crippen MR) is 119 cm³/mol. The highest BCUT2D eigenvalue weighted by atomic mass is 35.5. The number of rotatable bonds is 9. The molecule has 2 aromatic carbocycles. The molecule has 0 aliphatic rings. The molecule has 0 spiro atoms. The average molecular weight is 454 g/mol. The summed E-state index contributed by atoms with van der Waals surface area (Å²) in [5, 5.41) is 15.8. The van der Waals surface area contributed by atoms with Gasteiger partial charge in [0.15, 0.2) is 17.3 Å². The minimum absolute atomic E-state index is 0.145. The Morgan fingerprint density at radius 3 is 2.62 bits per heavy atom. The lowest BCUT2D eigenvalue weighted by atomic mass is 10.1. The van der Waals surface area contributed by atoms with Crippen molar-refractivity contribution in [2.75, 3.05) is 25.6 Å². The van der Waals surface area contributed by atoms with Crippen LogP contribution in [0.2, 0.25) is 5.02 Å². The number of benzene rings is 2. The zero-order chi connectivity index (χ0) is 22.9. The Kier molecular flexibility index (Phi) is 7.73. The van der Waals surface area contributed by atoms with Crippen LogP contribution in [0.3, 0.4) is 0 Å². The van der Waals surface area contributed by atoms with Gasteiger partial charge in [-0.05, 0) is 42.8 Å². The van der Waals surface area contributed by atoms with Crippen LogP contribution in [0.15, 0.2) is 58.6 Å². The fourth-order valence-corrected chi connectivity index (χ4v) is 2.98. The number of carbonyl (C=O) groups is 1. The number of anilines is 1. The molecule has 1 aromatic heterocycles. The quantitative estimate of drug-likeness (QED) is 0.285. The summed E-state index contributed by atoms with van der Waals surface area (Å²) >= 11 is 6.37. The third kappa shape index (κ3) is 6.03. The van der Waals surface area contributed by atoms with Gasteiger partial charge in [-0.3, -0.25) is 4.79 Å². The van der Waals surface area contributed by atoms with Gasteiger partial charge in [0.1, 0.15) is 36.4 Å². The number of halogens is 1. The summed E-state index contributed by atoms with van der Waals surface area (Å²) in [6, 6.07) is 16.0. The number of amides is 1. The van der Waals surface area contributed by atoms with Gasteiger partial charge < -0.3 is 24.1 Å². The largest absolute Gasteiger partial charge is 0.493 e. The van der Waals surface area contributed by atoms with Crippen molar-refractivity contribution in [3.63, 3.8) is 0 Å². The van der Waals surface area contributed by atoms with Crippen molar-refractivity contribution in [3.8, 4) is 23.3 Å². The van der Waals surface area contributed by atoms with Gasteiger partial charge in [-0.1, -0.05) is 35.0 Å². The van der Waals surface area contributed by atoms with E-state index in [4.69, 9.17) is 30.3 Å². The molecule has 9 heteroatoms. The van der Waals surface area contributed by atoms with Crippen LogP contribution in [-0.4, -0.2) is 31.4 Å². The minimum atomic E-state index is -0.630. The Morgan fingerprint density at radius 2 is 1.97 bits per heavy atom. The van der Waals surface area contributed by atoms with Crippen molar-refractivity contribution < 1.29 is 23.5 Å². The van der Waals surface area contributed by atoms with Crippen LogP contribution in [-0.2, 0) is 4.79 Å². The first-order chi connectivity index (χ1) is 15.5. The van der Waals surface area contributed by atoms with Gasteiger partial charge in [0.25, 0.3) is 5.91 Å². The number of carbonyl (C=O) groups excluding carboxylic acids is 1. The molecule has 0 unspecified atom stereocenters. The zero-order valence-electron chi connectivity index (χ0n) is 17.4. The average Bonchev–Trinajstić information content (AvgIpc) is 3.20. The molecular weight excluding hydrogens is 434 g/mol. The van der Waals surface area contributed by atoms with Crippen molar-refractivity contribution in [1.29, 1.82) is 5.26 Å². The summed E-state index contributed by atoms with van der Waals surface area (Å²) < 4.78 is 21.6. The smallest absolute Gasteiger partial charge is 0.267 e.